The Kier molecular flexibility index (Phi) is 8.78. The molecule has 2 bridgehead atoms. The number of ketones is 1. The molecule has 0 radical (unpaired) electrons. The van der Waals surface area contributed by atoms with Gasteiger partial charge < -0.3 is 10.2 Å². The van der Waals surface area contributed by atoms with Gasteiger partial charge in [-0.05, 0) is 105 Å². The lowest BCUT2D eigenvalue weighted by Crippen LogP contribution is -2.53. The molecule has 4 aliphatic carbocycles. The number of benzene rings is 2. The number of fused-ring (bicyclic) bond motifs is 9. The van der Waals surface area contributed by atoms with E-state index < -0.39 is 11.7 Å². The van der Waals surface area contributed by atoms with Crippen molar-refractivity contribution in [3.05, 3.63) is 81.9 Å². The van der Waals surface area contributed by atoms with E-state index in [-0.39, 0.29) is 17.3 Å². The van der Waals surface area contributed by atoms with Gasteiger partial charge in [-0.3, -0.25) is 9.69 Å². The van der Waals surface area contributed by atoms with E-state index in [9.17, 15) is 15.0 Å². The highest BCUT2D eigenvalue weighted by Crippen LogP contribution is 2.59. The Hall–Kier alpha value is -2.27. The minimum atomic E-state index is -0.831. The molecule has 0 spiro atoms. The van der Waals surface area contributed by atoms with Crippen LogP contribution in [0.5, 0.6) is 0 Å². The molecule has 1 heterocycles. The highest BCUT2D eigenvalue weighted by molar-refractivity contribution is 5.99. The number of nitrogens with zero attached hydrogens (tertiary/aromatic N) is 1. The third-order valence-electron chi connectivity index (χ3n) is 11.6. The van der Waals surface area contributed by atoms with Crippen LogP contribution in [0.1, 0.15) is 123 Å². The molecule has 42 heavy (non-hydrogen) atoms. The summed E-state index contributed by atoms with van der Waals surface area (Å²) in [6, 6.07) is 15.2. The number of aliphatic hydroxyl groups excluding tert-OH is 1. The molecule has 0 saturated heterocycles. The first kappa shape index (κ1) is 29.8. The van der Waals surface area contributed by atoms with E-state index in [1.165, 1.54) is 23.1 Å². The van der Waals surface area contributed by atoms with Crippen LogP contribution in [0, 0.1) is 11.3 Å². The second kappa shape index (κ2) is 12.4. The van der Waals surface area contributed by atoms with Crippen LogP contribution in [0.15, 0.2) is 54.1 Å². The van der Waals surface area contributed by atoms with Gasteiger partial charge in [-0.2, -0.15) is 0 Å². The van der Waals surface area contributed by atoms with Crippen molar-refractivity contribution in [1.29, 1.82) is 0 Å². The van der Waals surface area contributed by atoms with Crippen LogP contribution < -0.4 is 0 Å². The molecule has 5 aliphatic rings. The molecule has 2 aromatic rings. The van der Waals surface area contributed by atoms with Crippen molar-refractivity contribution in [3.63, 3.8) is 0 Å². The van der Waals surface area contributed by atoms with Crippen LogP contribution in [-0.4, -0.2) is 45.7 Å². The fraction of sp³-hybridized carbons (Fsp3) is 0.605. The molecule has 7 rings (SSSR count). The third-order valence-corrected chi connectivity index (χ3v) is 11.6. The molecule has 4 heteroatoms. The average Bonchev–Trinajstić information content (AvgIpc) is 3.25. The Morgan fingerprint density at radius 2 is 1.76 bits per heavy atom. The largest absolute Gasteiger partial charge is 0.393 e. The number of allylic oxidation sites excluding steroid dienone is 2. The quantitative estimate of drug-likeness (QED) is 0.295. The van der Waals surface area contributed by atoms with Gasteiger partial charge in [-0.1, -0.05) is 74.2 Å². The molecule has 2 saturated carbocycles. The highest BCUT2D eigenvalue weighted by Gasteiger charge is 2.57. The van der Waals surface area contributed by atoms with Gasteiger partial charge in [0.05, 0.1) is 11.7 Å². The zero-order valence-electron chi connectivity index (χ0n) is 25.9. The van der Waals surface area contributed by atoms with Crippen molar-refractivity contribution in [2.75, 3.05) is 13.1 Å². The smallest absolute Gasteiger partial charge is 0.166 e. The zero-order valence-corrected chi connectivity index (χ0v) is 25.9. The molecule has 2 fully saturated rings. The summed E-state index contributed by atoms with van der Waals surface area (Å²) in [4.78, 5) is 16.7. The number of carbonyl (C=O) groups excluding carboxylic acids is 1. The van der Waals surface area contributed by atoms with Crippen LogP contribution in [0.3, 0.4) is 0 Å². The van der Waals surface area contributed by atoms with Gasteiger partial charge in [0.15, 0.2) is 5.78 Å². The molecule has 1 aliphatic heterocycles. The summed E-state index contributed by atoms with van der Waals surface area (Å²) < 4.78 is 0. The Bertz CT molecular complexity index is 1310. The zero-order chi connectivity index (χ0) is 29.3. The van der Waals surface area contributed by atoms with Crippen molar-refractivity contribution in [1.82, 2.24) is 4.90 Å². The Morgan fingerprint density at radius 3 is 2.57 bits per heavy atom. The van der Waals surface area contributed by atoms with Gasteiger partial charge in [-0.25, -0.2) is 0 Å². The molecular formula is C38H51NO3. The summed E-state index contributed by atoms with van der Waals surface area (Å²) in [6.07, 6.45) is 14.1. The maximum absolute atomic E-state index is 14.2. The standard InChI is InChI=1S/C38H51NO3/c1-27-9-8-20-37(2)35(18-21-38(37,42)26-39-22-19-29-10-6-7-13-31(29)25-39)33-17-15-28(23-32(40)16-14-27)24-34(33)36(41)30-11-4-3-5-12-30/h6-7,9-10,13,15,17,24,30,32,35,40,42H,3-5,8,11-12,14,16,18-23,25-26H2,1-2H3. The molecule has 0 amide bonds. The number of rotatable bonds is 4. The first-order valence-electron chi connectivity index (χ1n) is 16.8. The van der Waals surface area contributed by atoms with Gasteiger partial charge >= 0.3 is 0 Å². The first-order valence-corrected chi connectivity index (χ1v) is 16.8. The maximum atomic E-state index is 14.2. The molecular weight excluding hydrogens is 518 g/mol. The minimum Gasteiger partial charge on any atom is -0.393 e. The topological polar surface area (TPSA) is 60.8 Å². The highest BCUT2D eigenvalue weighted by atomic mass is 16.3. The predicted molar refractivity (Wildman–Crippen MR) is 170 cm³/mol. The SMILES string of the molecule is CC1=CCCC2(C)C(CCC2(O)CN2CCc3ccccc3C2)c2ccc(cc2C(=O)C2CCCCC2)CC(O)CC1. The summed E-state index contributed by atoms with van der Waals surface area (Å²) >= 11 is 0. The van der Waals surface area contributed by atoms with E-state index in [0.29, 0.717) is 18.7 Å². The summed E-state index contributed by atoms with van der Waals surface area (Å²) in [7, 11) is 0. The van der Waals surface area contributed by atoms with E-state index in [2.05, 4.69) is 67.3 Å². The first-order chi connectivity index (χ1) is 20.3. The minimum absolute atomic E-state index is 0.0992. The summed E-state index contributed by atoms with van der Waals surface area (Å²) in [5, 5.41) is 23.6. The molecule has 4 atom stereocenters. The van der Waals surface area contributed by atoms with Crippen LogP contribution >= 0.6 is 0 Å². The predicted octanol–water partition coefficient (Wildman–Crippen LogP) is 7.55. The average molecular weight is 570 g/mol. The van der Waals surface area contributed by atoms with Crippen LogP contribution in [0.2, 0.25) is 0 Å². The molecule has 4 unspecified atom stereocenters. The van der Waals surface area contributed by atoms with Gasteiger partial charge in [0.25, 0.3) is 0 Å². The summed E-state index contributed by atoms with van der Waals surface area (Å²) in [5.74, 6) is 0.522. The van der Waals surface area contributed by atoms with Crippen molar-refractivity contribution < 1.29 is 15.0 Å². The lowest BCUT2D eigenvalue weighted by Gasteiger charge is -2.47. The summed E-state index contributed by atoms with van der Waals surface area (Å²) in [5.41, 5.74) is 6.04. The van der Waals surface area contributed by atoms with E-state index in [0.717, 1.165) is 100 Å². The maximum Gasteiger partial charge on any atom is 0.166 e. The van der Waals surface area contributed by atoms with Crippen molar-refractivity contribution >= 4 is 5.78 Å². The molecule has 2 aromatic carbocycles. The fourth-order valence-electron chi connectivity index (χ4n) is 8.86. The van der Waals surface area contributed by atoms with Crippen molar-refractivity contribution in [2.24, 2.45) is 11.3 Å². The van der Waals surface area contributed by atoms with E-state index in [1.54, 1.807) is 0 Å². The lowest BCUT2D eigenvalue weighted by molar-refractivity contribution is -0.0856. The number of carbonyl (C=O) groups is 1. The second-order valence-electron chi connectivity index (χ2n) is 14.4. The summed E-state index contributed by atoms with van der Waals surface area (Å²) in [6.45, 7) is 7.04. The van der Waals surface area contributed by atoms with Gasteiger partial charge in [0, 0.05) is 36.5 Å². The number of β-amino-alcohol motifs (C(OH)–C–C–N with tert-alkyl or cyclic N) is 1. The van der Waals surface area contributed by atoms with Crippen LogP contribution in [0.4, 0.5) is 0 Å². The Morgan fingerprint density at radius 1 is 0.976 bits per heavy atom. The third kappa shape index (κ3) is 5.92. The normalized spacial score (nSPS) is 31.2. The van der Waals surface area contributed by atoms with Gasteiger partial charge in [0.1, 0.15) is 0 Å². The second-order valence-corrected chi connectivity index (χ2v) is 14.4. The molecule has 4 nitrogen and oxygen atoms in total. The molecule has 2 N–H and O–H groups in total. The number of hydrogen-bond donors (Lipinski definition) is 2. The van der Waals surface area contributed by atoms with Crippen molar-refractivity contribution in [3.8, 4) is 0 Å². The van der Waals surface area contributed by atoms with E-state index in [4.69, 9.17) is 0 Å². The Balaban J connectivity index is 1.37. The van der Waals surface area contributed by atoms with Crippen molar-refractivity contribution in [2.45, 2.75) is 121 Å². The monoisotopic (exact) mass is 569 g/mol. The fourth-order valence-corrected chi connectivity index (χ4v) is 8.86. The number of hydrogen-bond acceptors (Lipinski definition) is 4. The number of Topliss-reactive ketones (excluding diaryl/α,β-unsaturated/α-hetero) is 1. The molecule has 0 aromatic heterocycles. The van der Waals surface area contributed by atoms with Crippen LogP contribution in [0.25, 0.3) is 0 Å². The lowest BCUT2D eigenvalue weighted by atomic mass is 9.64. The van der Waals surface area contributed by atoms with E-state index >= 15 is 0 Å². The van der Waals surface area contributed by atoms with Gasteiger partial charge in [0.2, 0.25) is 0 Å². The number of aliphatic hydroxyl groups is 2. The van der Waals surface area contributed by atoms with E-state index in [1.807, 2.05) is 0 Å². The Labute approximate surface area is 253 Å². The van der Waals surface area contributed by atoms with Crippen LogP contribution in [-0.2, 0) is 19.4 Å². The van der Waals surface area contributed by atoms with Gasteiger partial charge in [-0.15, -0.1) is 0 Å². The molecule has 226 valence electrons.